The monoisotopic (exact) mass is 384 g/mol. The fraction of sp³-hybridized carbons (Fsp3) is 0.350. The number of amides is 2. The van der Waals surface area contributed by atoms with Gasteiger partial charge < -0.3 is 24.6 Å². The van der Waals surface area contributed by atoms with Crippen molar-refractivity contribution in [3.8, 4) is 11.5 Å². The second-order valence-corrected chi connectivity index (χ2v) is 6.45. The fourth-order valence-corrected chi connectivity index (χ4v) is 3.10. The molecular formula is C20H24N4O4. The van der Waals surface area contributed by atoms with Gasteiger partial charge >= 0.3 is 0 Å². The molecule has 2 aromatic rings. The van der Waals surface area contributed by atoms with Crippen molar-refractivity contribution in [1.29, 1.82) is 0 Å². The predicted molar refractivity (Wildman–Crippen MR) is 105 cm³/mol. The van der Waals surface area contributed by atoms with E-state index in [0.717, 1.165) is 0 Å². The number of aromatic nitrogens is 1. The predicted octanol–water partition coefficient (Wildman–Crippen LogP) is 2.15. The van der Waals surface area contributed by atoms with E-state index in [1.54, 1.807) is 55.5 Å². The Bertz CT molecular complexity index is 863. The molecule has 0 atom stereocenters. The highest BCUT2D eigenvalue weighted by atomic mass is 16.5. The summed E-state index contributed by atoms with van der Waals surface area (Å²) in [6.45, 7) is 3.67. The number of benzene rings is 1. The molecule has 0 spiro atoms. The maximum Gasteiger partial charge on any atom is 0.255 e. The number of pyridine rings is 1. The first-order valence-corrected chi connectivity index (χ1v) is 9.00. The minimum Gasteiger partial charge on any atom is -0.497 e. The molecule has 8 nitrogen and oxygen atoms in total. The van der Waals surface area contributed by atoms with E-state index in [4.69, 9.17) is 9.47 Å². The van der Waals surface area contributed by atoms with Crippen LogP contribution in [-0.2, 0) is 4.79 Å². The first-order chi connectivity index (χ1) is 13.5. The van der Waals surface area contributed by atoms with Crippen LogP contribution in [0, 0.1) is 0 Å². The quantitative estimate of drug-likeness (QED) is 0.850. The molecule has 0 bridgehead atoms. The topological polar surface area (TPSA) is 84.0 Å². The van der Waals surface area contributed by atoms with Gasteiger partial charge in [-0.25, -0.2) is 0 Å². The number of anilines is 2. The number of carbonyl (C=O) groups excluding carboxylic acids is 2. The van der Waals surface area contributed by atoms with E-state index in [1.807, 2.05) is 12.1 Å². The van der Waals surface area contributed by atoms with Gasteiger partial charge in [0.15, 0.2) is 0 Å². The minimum atomic E-state index is -0.100. The Labute approximate surface area is 164 Å². The van der Waals surface area contributed by atoms with E-state index >= 15 is 0 Å². The van der Waals surface area contributed by atoms with Gasteiger partial charge in [-0.2, -0.15) is 0 Å². The van der Waals surface area contributed by atoms with Crippen molar-refractivity contribution in [1.82, 2.24) is 14.8 Å². The zero-order valence-corrected chi connectivity index (χ0v) is 16.3. The normalized spacial score (nSPS) is 13.8. The number of hydrogen-bond donors (Lipinski definition) is 1. The summed E-state index contributed by atoms with van der Waals surface area (Å²) in [5, 5.41) is 3.23. The molecule has 8 heteroatoms. The van der Waals surface area contributed by atoms with Gasteiger partial charge in [0.25, 0.3) is 5.91 Å². The molecular weight excluding hydrogens is 360 g/mol. The van der Waals surface area contributed by atoms with Crippen LogP contribution in [0.5, 0.6) is 11.5 Å². The van der Waals surface area contributed by atoms with Gasteiger partial charge in [-0.15, -0.1) is 0 Å². The summed E-state index contributed by atoms with van der Waals surface area (Å²) in [6, 6.07) is 7.18. The van der Waals surface area contributed by atoms with Gasteiger partial charge in [0.1, 0.15) is 11.5 Å². The lowest BCUT2D eigenvalue weighted by Crippen LogP contribution is -2.50. The molecule has 148 valence electrons. The van der Waals surface area contributed by atoms with Crippen molar-refractivity contribution in [2.45, 2.75) is 6.92 Å². The lowest BCUT2D eigenvalue weighted by atomic mass is 10.2. The van der Waals surface area contributed by atoms with Crippen LogP contribution in [0.4, 0.5) is 11.4 Å². The van der Waals surface area contributed by atoms with E-state index in [9.17, 15) is 9.59 Å². The van der Waals surface area contributed by atoms with E-state index in [1.165, 1.54) is 0 Å². The third-order valence-corrected chi connectivity index (χ3v) is 4.68. The summed E-state index contributed by atoms with van der Waals surface area (Å²) < 4.78 is 10.6. The third kappa shape index (κ3) is 4.33. The van der Waals surface area contributed by atoms with Crippen LogP contribution in [0.25, 0.3) is 0 Å². The largest absolute Gasteiger partial charge is 0.497 e. The SMILES string of the molecule is COc1ccc(OC)c(Nc2cncc(C(=O)N3CCN(C(C)=O)CC3)c2)c1. The highest BCUT2D eigenvalue weighted by Crippen LogP contribution is 2.31. The Morgan fingerprint density at radius 1 is 1.00 bits per heavy atom. The highest BCUT2D eigenvalue weighted by Gasteiger charge is 2.23. The van der Waals surface area contributed by atoms with Crippen molar-refractivity contribution in [3.05, 3.63) is 42.2 Å². The average Bonchev–Trinajstić information content (AvgIpc) is 2.73. The van der Waals surface area contributed by atoms with Crippen LogP contribution in [0.1, 0.15) is 17.3 Å². The minimum absolute atomic E-state index is 0.0344. The van der Waals surface area contributed by atoms with Gasteiger partial charge in [-0.05, 0) is 18.2 Å². The number of nitrogens with zero attached hydrogens (tertiary/aromatic N) is 3. The first kappa shape index (κ1) is 19.5. The van der Waals surface area contributed by atoms with Crippen molar-refractivity contribution < 1.29 is 19.1 Å². The summed E-state index contributed by atoms with van der Waals surface area (Å²) in [4.78, 5) is 31.9. The summed E-state index contributed by atoms with van der Waals surface area (Å²) in [6.07, 6.45) is 3.19. The third-order valence-electron chi connectivity index (χ3n) is 4.68. The Balaban J connectivity index is 1.74. The summed E-state index contributed by atoms with van der Waals surface area (Å²) >= 11 is 0. The summed E-state index contributed by atoms with van der Waals surface area (Å²) in [5.41, 5.74) is 1.87. The molecule has 1 aliphatic rings. The van der Waals surface area contributed by atoms with E-state index in [2.05, 4.69) is 10.3 Å². The molecule has 0 unspecified atom stereocenters. The van der Waals surface area contributed by atoms with E-state index < -0.39 is 0 Å². The second-order valence-electron chi connectivity index (χ2n) is 6.45. The lowest BCUT2D eigenvalue weighted by Gasteiger charge is -2.34. The summed E-state index contributed by atoms with van der Waals surface area (Å²) in [5.74, 6) is 1.27. The second kappa shape index (κ2) is 8.60. The van der Waals surface area contributed by atoms with Crippen LogP contribution >= 0.6 is 0 Å². The molecule has 1 aromatic heterocycles. The van der Waals surface area contributed by atoms with E-state index in [-0.39, 0.29) is 11.8 Å². The molecule has 28 heavy (non-hydrogen) atoms. The first-order valence-electron chi connectivity index (χ1n) is 9.00. The number of ether oxygens (including phenoxy) is 2. The Morgan fingerprint density at radius 3 is 2.36 bits per heavy atom. The molecule has 1 fully saturated rings. The van der Waals surface area contributed by atoms with Crippen LogP contribution in [-0.4, -0.2) is 67.0 Å². The number of nitrogens with one attached hydrogen (secondary N) is 1. The highest BCUT2D eigenvalue weighted by molar-refractivity contribution is 5.95. The summed E-state index contributed by atoms with van der Waals surface area (Å²) in [7, 11) is 3.18. The van der Waals surface area contributed by atoms with Crippen LogP contribution in [0.2, 0.25) is 0 Å². The Morgan fingerprint density at radius 2 is 1.71 bits per heavy atom. The van der Waals surface area contributed by atoms with Crippen molar-refractivity contribution >= 4 is 23.2 Å². The molecule has 0 saturated carbocycles. The van der Waals surface area contributed by atoms with E-state index in [0.29, 0.717) is 54.6 Å². The Hall–Kier alpha value is -3.29. The molecule has 0 aliphatic carbocycles. The molecule has 1 saturated heterocycles. The van der Waals surface area contributed by atoms with Gasteiger partial charge in [-0.3, -0.25) is 14.6 Å². The molecule has 2 heterocycles. The van der Waals surface area contributed by atoms with Crippen molar-refractivity contribution in [3.63, 3.8) is 0 Å². The number of carbonyl (C=O) groups is 2. The molecule has 2 amide bonds. The van der Waals surface area contributed by atoms with Gasteiger partial charge in [0, 0.05) is 45.4 Å². The molecule has 1 N–H and O–H groups in total. The zero-order chi connectivity index (χ0) is 20.1. The molecule has 1 aromatic carbocycles. The van der Waals surface area contributed by atoms with Crippen LogP contribution in [0.3, 0.4) is 0 Å². The lowest BCUT2D eigenvalue weighted by molar-refractivity contribution is -0.130. The van der Waals surface area contributed by atoms with Crippen molar-refractivity contribution in [2.75, 3.05) is 45.7 Å². The number of piperazine rings is 1. The van der Waals surface area contributed by atoms with Crippen molar-refractivity contribution in [2.24, 2.45) is 0 Å². The Kier molecular flexibility index (Phi) is 5.98. The maximum atomic E-state index is 12.8. The van der Waals surface area contributed by atoms with Crippen LogP contribution < -0.4 is 14.8 Å². The number of methoxy groups -OCH3 is 2. The van der Waals surface area contributed by atoms with Gasteiger partial charge in [0.2, 0.25) is 5.91 Å². The standard InChI is InChI=1S/C20H24N4O4/c1-14(25)23-6-8-24(9-7-23)20(26)15-10-16(13-21-12-15)22-18-11-17(27-2)4-5-19(18)28-3/h4-5,10-13,22H,6-9H2,1-3H3. The number of rotatable bonds is 5. The van der Waals surface area contributed by atoms with Crippen LogP contribution in [0.15, 0.2) is 36.7 Å². The smallest absolute Gasteiger partial charge is 0.255 e. The van der Waals surface area contributed by atoms with Gasteiger partial charge in [-0.1, -0.05) is 0 Å². The number of hydrogen-bond acceptors (Lipinski definition) is 6. The molecule has 3 rings (SSSR count). The fourth-order valence-electron chi connectivity index (χ4n) is 3.10. The molecule has 1 aliphatic heterocycles. The zero-order valence-electron chi connectivity index (χ0n) is 16.3. The average molecular weight is 384 g/mol. The maximum absolute atomic E-state index is 12.8. The molecule has 0 radical (unpaired) electrons. The van der Waals surface area contributed by atoms with Gasteiger partial charge in [0.05, 0.1) is 37.4 Å².